The molecule has 3 saturated heterocycles. The number of rotatable bonds is 5. The normalized spacial score (nSPS) is 28.8. The molecule has 0 spiro atoms. The van der Waals surface area contributed by atoms with Crippen LogP contribution in [-0.2, 0) is 24.2 Å². The Morgan fingerprint density at radius 2 is 2.05 bits per heavy atom. The van der Waals surface area contributed by atoms with Crippen LogP contribution in [0.2, 0.25) is 0 Å². The number of aromatic nitrogens is 2. The average Bonchev–Trinajstić information content (AvgIpc) is 2.90. The quantitative estimate of drug-likeness (QED) is 0.789. The Hall–Kier alpha value is -1.20. The minimum Gasteiger partial charge on any atom is -0.299 e. The van der Waals surface area contributed by atoms with E-state index in [0.29, 0.717) is 12.2 Å². The van der Waals surface area contributed by atoms with Crippen molar-refractivity contribution in [2.24, 2.45) is 0 Å². The smallest absolute Gasteiger partial charge is 0.157 e. The molecular weight excluding hydrogens is 252 g/mol. The Kier molecular flexibility index (Phi) is 3.89. The molecule has 1 atom stereocenters. The van der Waals surface area contributed by atoms with Crippen molar-refractivity contribution in [1.29, 1.82) is 0 Å². The van der Waals surface area contributed by atoms with Gasteiger partial charge in [0.2, 0.25) is 0 Å². The van der Waals surface area contributed by atoms with Crippen molar-refractivity contribution >= 4 is 5.78 Å². The summed E-state index contributed by atoms with van der Waals surface area (Å²) in [5.41, 5.74) is 2.16. The Balaban J connectivity index is 1.71. The largest absolute Gasteiger partial charge is 0.299 e. The maximum absolute atomic E-state index is 12.6. The second-order valence-corrected chi connectivity index (χ2v) is 5.79. The van der Waals surface area contributed by atoms with E-state index in [9.17, 15) is 4.79 Å². The molecule has 3 aliphatic heterocycles. The zero-order valence-electron chi connectivity index (χ0n) is 12.5. The first kappa shape index (κ1) is 13.8. The van der Waals surface area contributed by atoms with E-state index >= 15 is 0 Å². The molecular formula is C15H24N4O. The summed E-state index contributed by atoms with van der Waals surface area (Å²) >= 11 is 0. The number of carbonyl (C=O) groups excluding carboxylic acids is 1. The molecule has 4 heterocycles. The predicted molar refractivity (Wildman–Crippen MR) is 77.8 cm³/mol. The molecule has 0 amide bonds. The van der Waals surface area contributed by atoms with Gasteiger partial charge in [0, 0.05) is 45.0 Å². The summed E-state index contributed by atoms with van der Waals surface area (Å²) in [6.07, 6.45) is 1.45. The second-order valence-electron chi connectivity index (χ2n) is 5.79. The van der Waals surface area contributed by atoms with Crippen molar-refractivity contribution in [3.8, 4) is 0 Å². The van der Waals surface area contributed by atoms with E-state index in [-0.39, 0.29) is 6.04 Å². The van der Waals surface area contributed by atoms with Crippen molar-refractivity contribution in [3.05, 3.63) is 17.5 Å². The Morgan fingerprint density at radius 1 is 1.30 bits per heavy atom. The number of aryl methyl sites for hydroxylation is 2. The number of carbonyl (C=O) groups is 1. The molecule has 0 radical (unpaired) electrons. The number of hydrogen-bond donors (Lipinski definition) is 0. The molecule has 1 unspecified atom stereocenters. The van der Waals surface area contributed by atoms with E-state index in [4.69, 9.17) is 0 Å². The highest BCUT2D eigenvalue weighted by Gasteiger charge is 2.36. The molecule has 4 rings (SSSR count). The second kappa shape index (κ2) is 5.66. The molecule has 20 heavy (non-hydrogen) atoms. The maximum Gasteiger partial charge on any atom is 0.157 e. The monoisotopic (exact) mass is 276 g/mol. The molecule has 2 bridgehead atoms. The van der Waals surface area contributed by atoms with Gasteiger partial charge in [-0.1, -0.05) is 6.92 Å². The number of fused-ring (bicyclic) bond motifs is 3. The van der Waals surface area contributed by atoms with Crippen LogP contribution in [0.15, 0.2) is 6.07 Å². The minimum absolute atomic E-state index is 0.0998. The number of ketones is 1. The molecule has 5 nitrogen and oxygen atoms in total. The maximum atomic E-state index is 12.6. The van der Waals surface area contributed by atoms with Crippen LogP contribution in [0.1, 0.15) is 25.2 Å². The molecule has 3 fully saturated rings. The molecule has 5 heteroatoms. The SMILES string of the molecule is CCc1cc(CC(=O)C2CN3CCN2CC3)n(CC)n1. The van der Waals surface area contributed by atoms with Crippen LogP contribution in [0.4, 0.5) is 0 Å². The first-order chi connectivity index (χ1) is 9.71. The van der Waals surface area contributed by atoms with Crippen molar-refractivity contribution < 1.29 is 4.79 Å². The lowest BCUT2D eigenvalue weighted by molar-refractivity contribution is -0.128. The standard InChI is InChI=1S/C15H24N4O/c1-3-12-9-13(19(4-2)16-12)10-15(20)14-11-17-5-7-18(14)8-6-17/h9,14H,3-8,10-11H2,1-2H3. The first-order valence-electron chi connectivity index (χ1n) is 7.76. The summed E-state index contributed by atoms with van der Waals surface area (Å²) in [7, 11) is 0. The Morgan fingerprint density at radius 3 is 2.60 bits per heavy atom. The van der Waals surface area contributed by atoms with Gasteiger partial charge in [-0.15, -0.1) is 0 Å². The number of Topliss-reactive ketones (excluding diaryl/α,β-unsaturated/α-hetero) is 1. The number of hydrogen-bond acceptors (Lipinski definition) is 4. The van der Waals surface area contributed by atoms with E-state index in [1.807, 2.05) is 4.68 Å². The fourth-order valence-electron chi connectivity index (χ4n) is 3.32. The van der Waals surface area contributed by atoms with E-state index < -0.39 is 0 Å². The highest BCUT2D eigenvalue weighted by Crippen LogP contribution is 2.18. The predicted octanol–water partition coefficient (Wildman–Crippen LogP) is 0.577. The lowest BCUT2D eigenvalue weighted by atomic mass is 10.0. The molecule has 110 valence electrons. The van der Waals surface area contributed by atoms with Crippen LogP contribution >= 0.6 is 0 Å². The third-order valence-electron chi connectivity index (χ3n) is 4.58. The van der Waals surface area contributed by atoms with Crippen molar-refractivity contribution in [2.75, 3.05) is 32.7 Å². The van der Waals surface area contributed by atoms with Gasteiger partial charge in [0.25, 0.3) is 0 Å². The molecule has 1 aromatic rings. The Bertz CT molecular complexity index is 488. The highest BCUT2D eigenvalue weighted by atomic mass is 16.1. The molecule has 0 aliphatic carbocycles. The zero-order chi connectivity index (χ0) is 14.1. The van der Waals surface area contributed by atoms with Crippen LogP contribution in [0.3, 0.4) is 0 Å². The van der Waals surface area contributed by atoms with Gasteiger partial charge in [0.05, 0.1) is 18.2 Å². The molecule has 1 aromatic heterocycles. The molecule has 0 N–H and O–H groups in total. The summed E-state index contributed by atoms with van der Waals surface area (Å²) in [6.45, 7) is 10.3. The molecule has 0 aromatic carbocycles. The first-order valence-corrected chi connectivity index (χ1v) is 7.76. The fraction of sp³-hybridized carbons (Fsp3) is 0.733. The summed E-state index contributed by atoms with van der Waals surface area (Å²) in [4.78, 5) is 17.4. The zero-order valence-corrected chi connectivity index (χ0v) is 12.5. The van der Waals surface area contributed by atoms with Gasteiger partial charge in [0.15, 0.2) is 5.78 Å². The number of piperazine rings is 3. The van der Waals surface area contributed by atoms with Gasteiger partial charge in [-0.05, 0) is 19.4 Å². The van der Waals surface area contributed by atoms with E-state index in [0.717, 1.165) is 57.1 Å². The van der Waals surface area contributed by atoms with Crippen molar-refractivity contribution in [2.45, 2.75) is 39.3 Å². The fourth-order valence-corrected chi connectivity index (χ4v) is 3.32. The third kappa shape index (κ3) is 2.52. The van der Waals surface area contributed by atoms with Crippen LogP contribution in [-0.4, -0.2) is 64.1 Å². The van der Waals surface area contributed by atoms with Gasteiger partial charge in [-0.25, -0.2) is 0 Å². The van der Waals surface area contributed by atoms with Gasteiger partial charge in [-0.2, -0.15) is 5.10 Å². The lowest BCUT2D eigenvalue weighted by Crippen LogP contribution is -2.63. The van der Waals surface area contributed by atoms with E-state index in [1.54, 1.807) is 0 Å². The molecule has 0 saturated carbocycles. The summed E-state index contributed by atoms with van der Waals surface area (Å²) in [6, 6.07) is 2.20. The summed E-state index contributed by atoms with van der Waals surface area (Å²) < 4.78 is 1.98. The van der Waals surface area contributed by atoms with E-state index in [2.05, 4.69) is 34.8 Å². The summed E-state index contributed by atoms with van der Waals surface area (Å²) in [5.74, 6) is 0.353. The van der Waals surface area contributed by atoms with Gasteiger partial charge in [0.1, 0.15) is 0 Å². The van der Waals surface area contributed by atoms with Gasteiger partial charge >= 0.3 is 0 Å². The topological polar surface area (TPSA) is 41.4 Å². The van der Waals surface area contributed by atoms with Gasteiger partial charge < -0.3 is 0 Å². The van der Waals surface area contributed by atoms with Crippen LogP contribution in [0.25, 0.3) is 0 Å². The minimum atomic E-state index is 0.0998. The highest BCUT2D eigenvalue weighted by molar-refractivity contribution is 5.86. The summed E-state index contributed by atoms with van der Waals surface area (Å²) in [5, 5.41) is 4.53. The van der Waals surface area contributed by atoms with E-state index in [1.165, 1.54) is 0 Å². The van der Waals surface area contributed by atoms with Crippen LogP contribution < -0.4 is 0 Å². The average molecular weight is 276 g/mol. The van der Waals surface area contributed by atoms with Crippen molar-refractivity contribution in [1.82, 2.24) is 19.6 Å². The van der Waals surface area contributed by atoms with Crippen LogP contribution in [0.5, 0.6) is 0 Å². The third-order valence-corrected chi connectivity index (χ3v) is 4.58. The lowest BCUT2D eigenvalue weighted by Gasteiger charge is -2.46. The number of nitrogens with zero attached hydrogens (tertiary/aromatic N) is 4. The van der Waals surface area contributed by atoms with Crippen molar-refractivity contribution in [3.63, 3.8) is 0 Å². The van der Waals surface area contributed by atoms with Crippen LogP contribution in [0, 0.1) is 0 Å². The molecule has 3 aliphatic rings. The Labute approximate surface area is 120 Å². The van der Waals surface area contributed by atoms with Gasteiger partial charge in [-0.3, -0.25) is 19.3 Å².